The van der Waals surface area contributed by atoms with E-state index in [0.29, 0.717) is 5.41 Å². The fraction of sp³-hybridized carbons (Fsp3) is 0.500. The maximum absolute atomic E-state index is 7.27. The molecule has 3 N–H and O–H groups in total. The van der Waals surface area contributed by atoms with Gasteiger partial charge in [0.15, 0.2) is 0 Å². The van der Waals surface area contributed by atoms with Gasteiger partial charge in [0.25, 0.3) is 0 Å². The average Bonchev–Trinajstić information content (AvgIpc) is 2.80. The van der Waals surface area contributed by atoms with E-state index in [1.54, 1.807) is 0 Å². The Morgan fingerprint density at radius 3 is 2.67 bits per heavy atom. The first-order chi connectivity index (χ1) is 9.55. The summed E-state index contributed by atoms with van der Waals surface area (Å²) in [5, 5.41) is 7.27. The summed E-state index contributed by atoms with van der Waals surface area (Å²) in [4.78, 5) is 0. The van der Waals surface area contributed by atoms with Crippen LogP contribution in [0.25, 0.3) is 0 Å². The van der Waals surface area contributed by atoms with Crippen LogP contribution in [0.2, 0.25) is 0 Å². The molecule has 0 radical (unpaired) electrons. The van der Waals surface area contributed by atoms with Crippen molar-refractivity contribution in [3.8, 4) is 0 Å². The molecule has 0 bridgehead atoms. The fourth-order valence-electron chi connectivity index (χ4n) is 3.24. The van der Waals surface area contributed by atoms with Crippen molar-refractivity contribution >= 4 is 6.21 Å². The number of halogens is 1. The highest BCUT2D eigenvalue weighted by Gasteiger charge is 2.36. The highest BCUT2D eigenvalue weighted by atomic mass is 19.0. The van der Waals surface area contributed by atoms with Gasteiger partial charge in [-0.05, 0) is 62.5 Å². The van der Waals surface area contributed by atoms with Gasteiger partial charge in [0.1, 0.15) is 0 Å². The lowest BCUT2D eigenvalue weighted by molar-refractivity contribution is 0.405. The van der Waals surface area contributed by atoms with Gasteiger partial charge in [0, 0.05) is 13.3 Å². The Bertz CT molecular complexity index is 517. The van der Waals surface area contributed by atoms with E-state index in [0.717, 1.165) is 17.7 Å². The largest absolute Gasteiger partial charge is 0.398 e. The third-order valence-corrected chi connectivity index (χ3v) is 4.63. The Hall–Kier alpha value is -1.64. The maximum atomic E-state index is 7.27. The van der Waals surface area contributed by atoms with Crippen molar-refractivity contribution in [3.05, 3.63) is 46.7 Å². The summed E-state index contributed by atoms with van der Waals surface area (Å²) in [5.74, 6) is 0. The zero-order valence-corrected chi connectivity index (χ0v) is 13.1. The molecule has 0 aromatic rings. The molecule has 0 aromatic carbocycles. The van der Waals surface area contributed by atoms with Crippen molar-refractivity contribution in [1.29, 1.82) is 5.41 Å². The molecule has 21 heavy (non-hydrogen) atoms. The molecule has 0 heterocycles. The molecule has 3 aliphatic carbocycles. The molecule has 0 unspecified atom stereocenters. The lowest BCUT2D eigenvalue weighted by Gasteiger charge is -2.30. The summed E-state index contributed by atoms with van der Waals surface area (Å²) in [5.41, 5.74) is 11.0. The van der Waals surface area contributed by atoms with E-state index in [-0.39, 0.29) is 6.13 Å². The minimum Gasteiger partial charge on any atom is -0.398 e. The van der Waals surface area contributed by atoms with Crippen molar-refractivity contribution < 1.29 is 6.13 Å². The molecule has 0 saturated heterocycles. The van der Waals surface area contributed by atoms with E-state index < -0.39 is 0 Å². The molecule has 1 fully saturated rings. The molecular formula is C18H29FN2. The SMILES string of the molecule is CC1=CC=CCC1.C[C@@]12CCCC1=CC(N)=C(C=N)C2.F.[HH]. The minimum atomic E-state index is 0. The Morgan fingerprint density at radius 2 is 2.14 bits per heavy atom. The quantitative estimate of drug-likeness (QED) is 0.653. The van der Waals surface area contributed by atoms with Crippen LogP contribution in [0.3, 0.4) is 0 Å². The Kier molecular flexibility index (Phi) is 6.13. The predicted molar refractivity (Wildman–Crippen MR) is 91.4 cm³/mol. The first-order valence-corrected chi connectivity index (χ1v) is 7.57. The van der Waals surface area contributed by atoms with Gasteiger partial charge in [0.05, 0.1) is 0 Å². The van der Waals surface area contributed by atoms with Gasteiger partial charge in [-0.25, -0.2) is 0 Å². The van der Waals surface area contributed by atoms with Crippen molar-refractivity contribution in [2.75, 3.05) is 0 Å². The van der Waals surface area contributed by atoms with Crippen LogP contribution in [0, 0.1) is 10.8 Å². The minimum absolute atomic E-state index is 0. The third-order valence-electron chi connectivity index (χ3n) is 4.63. The summed E-state index contributed by atoms with van der Waals surface area (Å²) >= 11 is 0. The zero-order chi connectivity index (χ0) is 14.6. The first-order valence-electron chi connectivity index (χ1n) is 7.57. The van der Waals surface area contributed by atoms with Crippen molar-refractivity contribution in [3.63, 3.8) is 0 Å². The third kappa shape index (κ3) is 4.16. The number of fused-ring (bicyclic) bond motifs is 1. The van der Waals surface area contributed by atoms with Crippen molar-refractivity contribution in [1.82, 2.24) is 0 Å². The number of allylic oxidation sites excluding steroid dienone is 7. The topological polar surface area (TPSA) is 49.9 Å². The maximum Gasteiger partial charge on any atom is 0.0361 e. The number of nitrogens with two attached hydrogens (primary N) is 1. The molecule has 3 rings (SSSR count). The van der Waals surface area contributed by atoms with E-state index in [2.05, 4.69) is 38.2 Å². The summed E-state index contributed by atoms with van der Waals surface area (Å²) in [7, 11) is 0. The Labute approximate surface area is 128 Å². The van der Waals surface area contributed by atoms with Crippen LogP contribution in [0.15, 0.2) is 46.7 Å². The van der Waals surface area contributed by atoms with Gasteiger partial charge in [-0.15, -0.1) is 0 Å². The number of rotatable bonds is 1. The molecular weight excluding hydrogens is 263 g/mol. The van der Waals surface area contributed by atoms with Crippen LogP contribution < -0.4 is 5.73 Å². The van der Waals surface area contributed by atoms with E-state index in [1.165, 1.54) is 49.5 Å². The Morgan fingerprint density at radius 1 is 1.38 bits per heavy atom. The fourth-order valence-corrected chi connectivity index (χ4v) is 3.24. The van der Waals surface area contributed by atoms with E-state index >= 15 is 0 Å². The molecule has 1 saturated carbocycles. The average molecular weight is 292 g/mol. The van der Waals surface area contributed by atoms with E-state index in [4.69, 9.17) is 11.1 Å². The molecule has 3 heteroatoms. The lowest BCUT2D eigenvalue weighted by Crippen LogP contribution is -2.21. The van der Waals surface area contributed by atoms with Crippen LogP contribution >= 0.6 is 0 Å². The second-order valence-corrected chi connectivity index (χ2v) is 6.37. The number of nitrogens with one attached hydrogen (secondary N) is 1. The monoisotopic (exact) mass is 292 g/mol. The molecule has 0 aromatic heterocycles. The molecule has 0 aliphatic heterocycles. The van der Waals surface area contributed by atoms with E-state index in [9.17, 15) is 0 Å². The van der Waals surface area contributed by atoms with Crippen LogP contribution in [0.5, 0.6) is 0 Å². The van der Waals surface area contributed by atoms with Gasteiger partial charge in [-0.2, -0.15) is 0 Å². The summed E-state index contributed by atoms with van der Waals surface area (Å²) in [6.07, 6.45) is 17.2. The van der Waals surface area contributed by atoms with Gasteiger partial charge >= 0.3 is 0 Å². The van der Waals surface area contributed by atoms with Crippen LogP contribution in [0.4, 0.5) is 4.70 Å². The predicted octanol–water partition coefficient (Wildman–Crippen LogP) is 5.05. The smallest absolute Gasteiger partial charge is 0.0361 e. The summed E-state index contributed by atoms with van der Waals surface area (Å²) in [6, 6.07) is 0. The van der Waals surface area contributed by atoms with Crippen molar-refractivity contribution in [2.45, 2.75) is 52.4 Å². The van der Waals surface area contributed by atoms with Crippen LogP contribution in [0.1, 0.15) is 53.8 Å². The lowest BCUT2D eigenvalue weighted by atomic mass is 9.75. The molecule has 118 valence electrons. The normalized spacial score (nSPS) is 26.8. The van der Waals surface area contributed by atoms with Gasteiger partial charge in [-0.3, -0.25) is 4.70 Å². The second kappa shape index (κ2) is 7.39. The number of hydrogen-bond acceptors (Lipinski definition) is 2. The standard InChI is InChI=1S/C11H16N2.C7H10.FH.H2/c1-11-4-2-3-9(11)5-10(13)8(6-11)7-12;1-7-5-3-2-4-6-7;;/h5,7,12H,2-4,6,13H2,1H3;2-3,5H,4,6H2,1H3;2*1H/t11-;;;/m0.../s1. The van der Waals surface area contributed by atoms with Crippen LogP contribution in [-0.2, 0) is 0 Å². The van der Waals surface area contributed by atoms with Crippen molar-refractivity contribution in [2.24, 2.45) is 11.1 Å². The highest BCUT2D eigenvalue weighted by molar-refractivity contribution is 5.78. The molecule has 0 amide bonds. The van der Waals surface area contributed by atoms with E-state index in [1.807, 2.05) is 0 Å². The molecule has 2 nitrogen and oxygen atoms in total. The molecule has 0 spiro atoms. The first kappa shape index (κ1) is 17.4. The van der Waals surface area contributed by atoms with Gasteiger partial charge < -0.3 is 11.1 Å². The summed E-state index contributed by atoms with van der Waals surface area (Å²) < 4.78 is 0. The number of hydrogen-bond donors (Lipinski definition) is 2. The van der Waals surface area contributed by atoms with Gasteiger partial charge in [-0.1, -0.05) is 36.3 Å². The molecule has 3 aliphatic rings. The zero-order valence-electron chi connectivity index (χ0n) is 13.1. The second-order valence-electron chi connectivity index (χ2n) is 6.37. The molecule has 1 atom stereocenters. The highest BCUT2D eigenvalue weighted by Crippen LogP contribution is 2.49. The summed E-state index contributed by atoms with van der Waals surface area (Å²) in [6.45, 7) is 4.46. The van der Waals surface area contributed by atoms with Crippen LogP contribution in [-0.4, -0.2) is 6.21 Å². The van der Waals surface area contributed by atoms with Gasteiger partial charge in [0.2, 0.25) is 0 Å². The Balaban J connectivity index is 0.000000425.